The predicted molar refractivity (Wildman–Crippen MR) is 78.1 cm³/mol. The molecule has 0 aliphatic heterocycles. The Morgan fingerprint density at radius 1 is 0.826 bits per heavy atom. The lowest BCUT2D eigenvalue weighted by atomic mass is 10.1. The summed E-state index contributed by atoms with van der Waals surface area (Å²) < 4.78 is 0. The van der Waals surface area contributed by atoms with Gasteiger partial charge in [0.1, 0.15) is 6.04 Å². The van der Waals surface area contributed by atoms with Crippen molar-refractivity contribution in [2.24, 2.45) is 0 Å². The molecule has 1 aromatic carbocycles. The maximum atomic E-state index is 11.4. The van der Waals surface area contributed by atoms with Gasteiger partial charge < -0.3 is 111 Å². The average Bonchev–Trinajstić information content (AvgIpc) is 2.04. The van der Waals surface area contributed by atoms with Crippen molar-refractivity contribution in [1.82, 2.24) is 30.8 Å². The summed E-state index contributed by atoms with van der Waals surface area (Å²) in [6.07, 6.45) is 0. The van der Waals surface area contributed by atoms with Gasteiger partial charge in [0.2, 0.25) is 5.78 Å². The highest BCUT2D eigenvalue weighted by Gasteiger charge is 2.12. The van der Waals surface area contributed by atoms with Gasteiger partial charge in [0.05, 0.1) is 0 Å². The molecule has 1 rings (SSSR count). The fourth-order valence-electron chi connectivity index (χ4n) is 0.899. The summed E-state index contributed by atoms with van der Waals surface area (Å²) in [5.41, 5.74) is 4.32. The van der Waals surface area contributed by atoms with Gasteiger partial charge >= 0.3 is 0 Å². The normalized spacial score (nSPS) is 6.57. The molecule has 0 bridgehead atoms. The van der Waals surface area contributed by atoms with Crippen LogP contribution in [-0.2, 0) is 0 Å². The summed E-state index contributed by atoms with van der Waals surface area (Å²) in [4.78, 5) is 11.4. The maximum absolute atomic E-state index is 11.4. The molecule has 23 heavy (non-hydrogen) atoms. The highest BCUT2D eigenvalue weighted by Crippen LogP contribution is 2.10. The Hall–Kier alpha value is 0.680. The first-order valence-corrected chi connectivity index (χ1v) is 4.12. The van der Waals surface area contributed by atoms with Crippen LogP contribution >= 0.6 is 11.6 Å². The van der Waals surface area contributed by atoms with Gasteiger partial charge in [0.15, 0.2) is 0 Å². The molecule has 0 fully saturated rings. The zero-order valence-corrected chi connectivity index (χ0v) is 19.4. The Bertz CT molecular complexity index is 305. The summed E-state index contributed by atoms with van der Waals surface area (Å²) >= 11 is 5.67. The molecule has 0 aliphatic rings. The Morgan fingerprint density at radius 2 is 1.09 bits per heavy atom. The van der Waals surface area contributed by atoms with Crippen LogP contribution in [0.2, 0.25) is 5.02 Å². The number of benzene rings is 1. The molecular weight excluding hydrogens is 456 g/mol. The van der Waals surface area contributed by atoms with E-state index in [0.717, 1.165) is 0 Å². The first kappa shape index (κ1) is 75.8. The number of carbonyl (C=O) groups excluding carboxylic acids is 1. The molecule has 0 saturated carbocycles. The van der Waals surface area contributed by atoms with Crippen LogP contribution in [0.25, 0.3) is 0 Å². The Labute approximate surface area is 180 Å². The Balaban J connectivity index is -0.0000000145. The Kier molecular flexibility index (Phi) is 126. The molecule has 0 saturated heterocycles. The molecule has 0 amide bonds. The SMILES string of the molecule is CC([NH3+])C(=O)c1ccc(Cl)cc1.[Cl-].[Cl-].[Cl-].[Cl-].[Cl-].[Cl-].[NH4+].[NH4+].[NH4+].[NH4+].[NH4+]. The van der Waals surface area contributed by atoms with Gasteiger partial charge in [-0.2, -0.15) is 0 Å². The molecule has 1 atom stereocenters. The van der Waals surface area contributed by atoms with Gasteiger partial charge in [-0.15, -0.1) is 0 Å². The molecule has 0 aliphatic carbocycles. The lowest BCUT2D eigenvalue weighted by Gasteiger charge is -2.00. The lowest BCUT2D eigenvalue weighted by molar-refractivity contribution is -0.393. The minimum Gasteiger partial charge on any atom is -1.00 e. The van der Waals surface area contributed by atoms with Gasteiger partial charge in [0.25, 0.3) is 0 Å². The van der Waals surface area contributed by atoms with Gasteiger partial charge in [-0.1, -0.05) is 11.6 Å². The zero-order valence-electron chi connectivity index (χ0n) is 14.1. The van der Waals surface area contributed by atoms with Crippen LogP contribution in [0, 0.1) is 0 Å². The summed E-state index contributed by atoms with van der Waals surface area (Å²) in [5.74, 6) is 0.0478. The monoisotopic (exact) mass is 484 g/mol. The summed E-state index contributed by atoms with van der Waals surface area (Å²) in [5, 5.41) is 0.642. The largest absolute Gasteiger partial charge is 1.00 e. The number of quaternary nitrogens is 6. The van der Waals surface area contributed by atoms with E-state index in [0.29, 0.717) is 10.6 Å². The quantitative estimate of drug-likeness (QED) is 0.219. The van der Waals surface area contributed by atoms with Crippen LogP contribution in [-0.4, -0.2) is 11.8 Å². The topological polar surface area (TPSA) is 227 Å². The minimum absolute atomic E-state index is 0. The highest BCUT2D eigenvalue weighted by molar-refractivity contribution is 6.30. The fourth-order valence-corrected chi connectivity index (χ4v) is 1.02. The zero-order chi connectivity index (χ0) is 9.14. The third kappa shape index (κ3) is 27.8. The van der Waals surface area contributed by atoms with Gasteiger partial charge in [-0.25, -0.2) is 0 Å². The van der Waals surface area contributed by atoms with Crippen LogP contribution in [0.1, 0.15) is 17.3 Å². The number of halogens is 7. The Morgan fingerprint density at radius 3 is 1.30 bits per heavy atom. The van der Waals surface area contributed by atoms with Gasteiger partial charge in [0, 0.05) is 10.6 Å². The number of Topliss-reactive ketones (excluding diaryl/α,β-unsaturated/α-hetero) is 1. The molecular formula is C9H31Cl7N6O. The van der Waals surface area contributed by atoms with Crippen LogP contribution in [0.5, 0.6) is 0 Å². The second-order valence-electron chi connectivity index (χ2n) is 2.77. The summed E-state index contributed by atoms with van der Waals surface area (Å²) in [6.45, 7) is 1.77. The number of rotatable bonds is 2. The molecule has 1 aromatic rings. The van der Waals surface area contributed by atoms with Crippen molar-refractivity contribution < 1.29 is 85.0 Å². The average molecular weight is 488 g/mol. The van der Waals surface area contributed by atoms with Crippen molar-refractivity contribution in [2.75, 3.05) is 0 Å². The minimum atomic E-state index is -0.203. The molecule has 23 N–H and O–H groups in total. The molecule has 0 radical (unpaired) electrons. The van der Waals surface area contributed by atoms with Crippen LogP contribution in [0.3, 0.4) is 0 Å². The molecule has 1 unspecified atom stereocenters. The lowest BCUT2D eigenvalue weighted by Crippen LogP contribution is -3.00. The van der Waals surface area contributed by atoms with E-state index in [2.05, 4.69) is 5.73 Å². The second kappa shape index (κ2) is 38.3. The fraction of sp³-hybridized carbons (Fsp3) is 0.222. The third-order valence-electron chi connectivity index (χ3n) is 1.58. The molecule has 0 spiro atoms. The number of ketones is 1. The van der Waals surface area contributed by atoms with Crippen molar-refractivity contribution >= 4 is 17.4 Å². The van der Waals surface area contributed by atoms with Gasteiger partial charge in [-0.05, 0) is 31.2 Å². The van der Waals surface area contributed by atoms with E-state index in [1.165, 1.54) is 0 Å². The van der Waals surface area contributed by atoms with Crippen LogP contribution in [0.15, 0.2) is 24.3 Å². The van der Waals surface area contributed by atoms with E-state index < -0.39 is 0 Å². The molecule has 152 valence electrons. The molecule has 14 heteroatoms. The van der Waals surface area contributed by atoms with E-state index in [1.807, 2.05) is 0 Å². The van der Waals surface area contributed by atoms with Crippen LogP contribution < -0.4 is 111 Å². The second-order valence-corrected chi connectivity index (χ2v) is 3.21. The van der Waals surface area contributed by atoms with Gasteiger partial charge in [-0.3, -0.25) is 4.79 Å². The highest BCUT2D eigenvalue weighted by atomic mass is 35.5. The van der Waals surface area contributed by atoms with Crippen LogP contribution in [0.4, 0.5) is 0 Å². The molecule has 0 aromatic heterocycles. The first-order valence-electron chi connectivity index (χ1n) is 3.74. The molecule has 7 nitrogen and oxygen atoms in total. The van der Waals surface area contributed by atoms with Crippen molar-refractivity contribution in [2.45, 2.75) is 13.0 Å². The van der Waals surface area contributed by atoms with E-state index in [1.54, 1.807) is 31.2 Å². The number of hydrogen-bond donors (Lipinski definition) is 6. The summed E-state index contributed by atoms with van der Waals surface area (Å²) in [6, 6.07) is 6.64. The number of carbonyl (C=O) groups is 1. The standard InChI is InChI=1S/C9H10ClNO.6ClH.5H3N/c1-6(11)9(12)7-2-4-8(10)5-3-7;;;;;;;;;;;/h2-6H,11H2,1H3;6*1H;5*1H3. The van der Waals surface area contributed by atoms with E-state index >= 15 is 0 Å². The van der Waals surface area contributed by atoms with Crippen molar-refractivity contribution in [3.05, 3.63) is 34.9 Å². The predicted octanol–water partition coefficient (Wildman–Crippen LogP) is -14.9. The number of hydrogen-bond acceptors (Lipinski definition) is 1. The van der Waals surface area contributed by atoms with E-state index in [4.69, 9.17) is 11.6 Å². The maximum Gasteiger partial charge on any atom is 0.219 e. The third-order valence-corrected chi connectivity index (χ3v) is 1.83. The summed E-state index contributed by atoms with van der Waals surface area (Å²) in [7, 11) is 0. The van der Waals surface area contributed by atoms with Crippen molar-refractivity contribution in [1.29, 1.82) is 0 Å². The van der Waals surface area contributed by atoms with Crippen molar-refractivity contribution in [3.63, 3.8) is 0 Å². The van der Waals surface area contributed by atoms with E-state index in [-0.39, 0.29) is 117 Å². The van der Waals surface area contributed by atoms with Crippen molar-refractivity contribution in [3.8, 4) is 0 Å². The smallest absolute Gasteiger partial charge is 0.219 e. The molecule has 0 heterocycles. The van der Waals surface area contributed by atoms with E-state index in [9.17, 15) is 4.79 Å². The first-order chi connectivity index (χ1) is 5.61.